The van der Waals surface area contributed by atoms with Crippen molar-refractivity contribution in [3.05, 3.63) is 94.0 Å². The van der Waals surface area contributed by atoms with E-state index < -0.39 is 23.8 Å². The highest BCUT2D eigenvalue weighted by Gasteiger charge is 2.37. The Bertz CT molecular complexity index is 1550. The van der Waals surface area contributed by atoms with Gasteiger partial charge in [0.25, 0.3) is 11.8 Å². The molecule has 4 aromatic rings. The third-order valence-electron chi connectivity index (χ3n) is 5.50. The highest BCUT2D eigenvalue weighted by Crippen LogP contribution is 2.28. The molecular weight excluding hydrogens is 518 g/mol. The van der Waals surface area contributed by atoms with Gasteiger partial charge in [-0.3, -0.25) is 14.9 Å². The van der Waals surface area contributed by atoms with E-state index in [4.69, 9.17) is 9.52 Å². The Balaban J connectivity index is 1.54. The second-order valence-corrected chi connectivity index (χ2v) is 8.65. The summed E-state index contributed by atoms with van der Waals surface area (Å²) in [5.41, 5.74) is 1.50. The van der Waals surface area contributed by atoms with Gasteiger partial charge in [-0.15, -0.1) is 0 Å². The average molecular weight is 534 g/mol. The molecule has 5 rings (SSSR count). The summed E-state index contributed by atoms with van der Waals surface area (Å²) in [5, 5.41) is 12.1. The topological polar surface area (TPSA) is 122 Å². The lowest BCUT2D eigenvalue weighted by molar-refractivity contribution is -0.122. The lowest BCUT2D eigenvalue weighted by Gasteiger charge is -2.26. The normalized spacial score (nSPS) is 15.2. The largest absolute Gasteiger partial charge is 0.475 e. The molecule has 0 radical (unpaired) electrons. The number of carboxylic acids is 1. The van der Waals surface area contributed by atoms with Crippen LogP contribution >= 0.6 is 15.9 Å². The van der Waals surface area contributed by atoms with Crippen LogP contribution in [0.3, 0.4) is 0 Å². The van der Waals surface area contributed by atoms with Gasteiger partial charge < -0.3 is 14.1 Å². The first kappa shape index (κ1) is 22.4. The summed E-state index contributed by atoms with van der Waals surface area (Å²) in [6, 6.07) is 16.1. The number of benzene rings is 2. The van der Waals surface area contributed by atoms with Crippen LogP contribution in [0.4, 0.5) is 10.5 Å². The molecule has 1 aliphatic rings. The van der Waals surface area contributed by atoms with E-state index in [1.165, 1.54) is 12.1 Å². The number of amides is 4. The van der Waals surface area contributed by atoms with Crippen molar-refractivity contribution in [1.82, 2.24) is 9.88 Å². The molecule has 0 saturated carbocycles. The van der Waals surface area contributed by atoms with E-state index in [0.29, 0.717) is 17.0 Å². The third-order valence-corrected chi connectivity index (χ3v) is 6.03. The smallest absolute Gasteiger partial charge is 0.371 e. The number of hydrogen-bond donors (Lipinski definition) is 2. The van der Waals surface area contributed by atoms with E-state index in [1.807, 2.05) is 28.8 Å². The van der Waals surface area contributed by atoms with Crippen LogP contribution in [0.5, 0.6) is 0 Å². The molecule has 1 fully saturated rings. The Morgan fingerprint density at radius 3 is 2.49 bits per heavy atom. The van der Waals surface area contributed by atoms with E-state index in [0.717, 1.165) is 20.3 Å². The summed E-state index contributed by atoms with van der Waals surface area (Å²) >= 11 is 3.32. The van der Waals surface area contributed by atoms with Crippen molar-refractivity contribution in [2.75, 3.05) is 4.90 Å². The minimum atomic E-state index is -1.16. The zero-order valence-electron chi connectivity index (χ0n) is 17.9. The minimum Gasteiger partial charge on any atom is -0.475 e. The van der Waals surface area contributed by atoms with Gasteiger partial charge in [0.2, 0.25) is 5.76 Å². The van der Waals surface area contributed by atoms with Gasteiger partial charge in [0.05, 0.1) is 12.2 Å². The van der Waals surface area contributed by atoms with E-state index in [1.54, 1.807) is 36.5 Å². The molecule has 4 amide bonds. The van der Waals surface area contributed by atoms with Gasteiger partial charge in [0, 0.05) is 27.1 Å². The molecule has 0 aliphatic carbocycles. The second kappa shape index (κ2) is 8.73. The zero-order chi connectivity index (χ0) is 24.7. The van der Waals surface area contributed by atoms with Crippen LogP contribution in [0.15, 0.2) is 81.3 Å². The molecule has 0 bridgehead atoms. The molecule has 0 spiro atoms. The molecule has 2 N–H and O–H groups in total. The summed E-state index contributed by atoms with van der Waals surface area (Å²) < 4.78 is 7.98. The van der Waals surface area contributed by atoms with Gasteiger partial charge in [-0.1, -0.05) is 34.1 Å². The summed E-state index contributed by atoms with van der Waals surface area (Å²) in [5.74, 6) is -2.43. The number of barbiturate groups is 1. The van der Waals surface area contributed by atoms with Crippen LogP contribution in [0.25, 0.3) is 17.0 Å². The fraction of sp³-hybridized carbons (Fsp3) is 0.0400. The van der Waals surface area contributed by atoms with Crippen molar-refractivity contribution >= 4 is 62.4 Å². The van der Waals surface area contributed by atoms with Crippen molar-refractivity contribution in [3.63, 3.8) is 0 Å². The van der Waals surface area contributed by atoms with Crippen molar-refractivity contribution in [2.24, 2.45) is 0 Å². The SMILES string of the molecule is O=C1NC(=O)N(c2ccc(Br)cc2)C(=O)/C1=C/c1cn(Cc2ccc(C(=O)O)o2)c2ccccc12. The molecule has 0 atom stereocenters. The second-order valence-electron chi connectivity index (χ2n) is 7.73. The van der Waals surface area contributed by atoms with Crippen molar-refractivity contribution in [2.45, 2.75) is 6.54 Å². The van der Waals surface area contributed by atoms with Crippen LogP contribution in [-0.2, 0) is 16.1 Å². The summed E-state index contributed by atoms with van der Waals surface area (Å²) in [6.07, 6.45) is 3.18. The highest BCUT2D eigenvalue weighted by atomic mass is 79.9. The van der Waals surface area contributed by atoms with Crippen LogP contribution in [0.2, 0.25) is 0 Å². The number of anilines is 1. The van der Waals surface area contributed by atoms with E-state index >= 15 is 0 Å². The number of nitrogens with zero attached hydrogens (tertiary/aromatic N) is 2. The Labute approximate surface area is 206 Å². The van der Waals surface area contributed by atoms with Crippen LogP contribution in [-0.4, -0.2) is 33.5 Å². The number of carbonyl (C=O) groups excluding carboxylic acids is 3. The maximum Gasteiger partial charge on any atom is 0.371 e. The predicted molar refractivity (Wildman–Crippen MR) is 130 cm³/mol. The first-order valence-electron chi connectivity index (χ1n) is 10.4. The van der Waals surface area contributed by atoms with Gasteiger partial charge in [-0.25, -0.2) is 14.5 Å². The number of carboxylic acid groups (broad SMARTS) is 1. The molecule has 1 saturated heterocycles. The number of halogens is 1. The van der Waals surface area contributed by atoms with Gasteiger partial charge in [0.1, 0.15) is 11.3 Å². The number of urea groups is 1. The van der Waals surface area contributed by atoms with Crippen LogP contribution in [0.1, 0.15) is 21.9 Å². The average Bonchev–Trinajstić information content (AvgIpc) is 3.43. The summed E-state index contributed by atoms with van der Waals surface area (Å²) in [4.78, 5) is 50.3. The fourth-order valence-corrected chi connectivity index (χ4v) is 4.17. The molecule has 2 aromatic heterocycles. The number of para-hydroxylation sites is 1. The zero-order valence-corrected chi connectivity index (χ0v) is 19.5. The molecule has 35 heavy (non-hydrogen) atoms. The number of hydrogen-bond acceptors (Lipinski definition) is 5. The number of fused-ring (bicyclic) bond motifs is 1. The first-order valence-corrected chi connectivity index (χ1v) is 11.2. The monoisotopic (exact) mass is 533 g/mol. The predicted octanol–water partition coefficient (Wildman–Crippen LogP) is 4.41. The molecule has 10 heteroatoms. The van der Waals surface area contributed by atoms with Crippen LogP contribution < -0.4 is 10.2 Å². The number of aromatic carboxylic acids is 1. The number of aromatic nitrogens is 1. The van der Waals surface area contributed by atoms with Gasteiger partial charge in [-0.05, 0) is 48.5 Å². The number of nitrogens with one attached hydrogen (secondary N) is 1. The third kappa shape index (κ3) is 4.15. The Kier molecular flexibility index (Phi) is 5.58. The van der Waals surface area contributed by atoms with Crippen molar-refractivity contribution in [3.8, 4) is 0 Å². The number of carbonyl (C=O) groups is 4. The Morgan fingerprint density at radius 1 is 1.03 bits per heavy atom. The van der Waals surface area contributed by atoms with E-state index in [2.05, 4.69) is 21.2 Å². The Hall–Kier alpha value is -4.44. The van der Waals surface area contributed by atoms with Crippen molar-refractivity contribution in [1.29, 1.82) is 0 Å². The minimum absolute atomic E-state index is 0.166. The van der Waals surface area contributed by atoms with Crippen LogP contribution in [0, 0.1) is 0 Å². The maximum atomic E-state index is 13.2. The number of rotatable bonds is 5. The Morgan fingerprint density at radius 2 is 1.77 bits per heavy atom. The molecule has 174 valence electrons. The summed E-state index contributed by atoms with van der Waals surface area (Å²) in [7, 11) is 0. The molecule has 9 nitrogen and oxygen atoms in total. The van der Waals surface area contributed by atoms with Gasteiger partial charge in [-0.2, -0.15) is 0 Å². The number of imide groups is 2. The van der Waals surface area contributed by atoms with Gasteiger partial charge in [0.15, 0.2) is 0 Å². The lowest BCUT2D eigenvalue weighted by atomic mass is 10.1. The molecule has 3 heterocycles. The molecular formula is C25H16BrN3O6. The lowest BCUT2D eigenvalue weighted by Crippen LogP contribution is -2.54. The highest BCUT2D eigenvalue weighted by molar-refractivity contribution is 9.10. The quantitative estimate of drug-likeness (QED) is 0.289. The standard InChI is InChI=1S/C25H16BrN3O6/c26-15-5-7-16(8-6-15)29-23(31)19(22(30)27-25(29)34)11-14-12-28(20-4-2-1-3-18(14)20)13-17-9-10-21(35-17)24(32)33/h1-12H,13H2,(H,32,33)(H,27,30,34)/b19-11+. The first-order chi connectivity index (χ1) is 16.8. The molecule has 0 unspecified atom stereocenters. The van der Waals surface area contributed by atoms with Crippen molar-refractivity contribution < 1.29 is 28.7 Å². The van der Waals surface area contributed by atoms with E-state index in [9.17, 15) is 19.2 Å². The van der Waals surface area contributed by atoms with E-state index in [-0.39, 0.29) is 17.9 Å². The molecule has 1 aliphatic heterocycles. The summed E-state index contributed by atoms with van der Waals surface area (Å²) in [6.45, 7) is 0.237. The number of furan rings is 1. The van der Waals surface area contributed by atoms with Gasteiger partial charge >= 0.3 is 12.0 Å². The maximum absolute atomic E-state index is 13.2. The fourth-order valence-electron chi connectivity index (χ4n) is 3.90. The molecule has 2 aromatic carbocycles.